The number of piperidine rings is 1. The molecule has 2 N–H and O–H groups in total. The molecular weight excluding hydrogens is 290 g/mol. The van der Waals surface area contributed by atoms with Crippen LogP contribution in [0.15, 0.2) is 41.3 Å². The van der Waals surface area contributed by atoms with E-state index in [-0.39, 0.29) is 23.9 Å². The second-order valence-electron chi connectivity index (χ2n) is 6.43. The Morgan fingerprint density at radius 1 is 1.35 bits per heavy atom. The first-order valence-electron chi connectivity index (χ1n) is 8.18. The summed E-state index contributed by atoms with van der Waals surface area (Å²) in [5, 5.41) is 0.648. The van der Waals surface area contributed by atoms with Gasteiger partial charge >= 0.3 is 0 Å². The van der Waals surface area contributed by atoms with Crippen molar-refractivity contribution in [2.45, 2.75) is 32.4 Å². The minimum absolute atomic E-state index is 0.0145. The van der Waals surface area contributed by atoms with Gasteiger partial charge in [0.05, 0.1) is 5.52 Å². The van der Waals surface area contributed by atoms with Gasteiger partial charge < -0.3 is 15.2 Å². The summed E-state index contributed by atoms with van der Waals surface area (Å²) in [4.78, 5) is 26.5. The van der Waals surface area contributed by atoms with Crippen molar-refractivity contribution in [1.82, 2.24) is 9.47 Å². The topological polar surface area (TPSA) is 68.3 Å². The molecule has 1 amide bonds. The quantitative estimate of drug-likeness (QED) is 0.935. The van der Waals surface area contributed by atoms with Crippen LogP contribution in [-0.2, 0) is 11.3 Å². The molecule has 3 rings (SSSR count). The first-order chi connectivity index (χ1) is 11.1. The van der Waals surface area contributed by atoms with Gasteiger partial charge in [-0.25, -0.2) is 0 Å². The van der Waals surface area contributed by atoms with Crippen LogP contribution < -0.4 is 11.2 Å². The molecule has 0 bridgehead atoms. The number of carbonyl (C=O) groups is 1. The third-order valence-electron chi connectivity index (χ3n) is 4.74. The van der Waals surface area contributed by atoms with E-state index in [9.17, 15) is 9.59 Å². The molecule has 5 heteroatoms. The molecule has 1 aliphatic rings. The van der Waals surface area contributed by atoms with Crippen LogP contribution in [0.4, 0.5) is 0 Å². The molecule has 5 nitrogen and oxygen atoms in total. The van der Waals surface area contributed by atoms with E-state index in [0.29, 0.717) is 11.3 Å². The van der Waals surface area contributed by atoms with Crippen LogP contribution in [0, 0.1) is 5.92 Å². The van der Waals surface area contributed by atoms with Crippen LogP contribution >= 0.6 is 0 Å². The molecule has 1 aromatic heterocycles. The lowest BCUT2D eigenvalue weighted by Gasteiger charge is -2.34. The molecule has 2 aromatic rings. The fourth-order valence-corrected chi connectivity index (χ4v) is 3.31. The van der Waals surface area contributed by atoms with Crippen molar-refractivity contribution in [3.8, 4) is 0 Å². The summed E-state index contributed by atoms with van der Waals surface area (Å²) in [5.41, 5.74) is 6.78. The van der Waals surface area contributed by atoms with Crippen molar-refractivity contribution < 1.29 is 4.79 Å². The maximum absolute atomic E-state index is 12.7. The summed E-state index contributed by atoms with van der Waals surface area (Å²) in [6.45, 7) is 3.79. The number of nitrogens with zero attached hydrogens (tertiary/aromatic N) is 2. The predicted octanol–water partition coefficient (Wildman–Crippen LogP) is 1.59. The second-order valence-corrected chi connectivity index (χ2v) is 6.43. The number of hydrogen-bond donors (Lipinski definition) is 1. The number of fused-ring (bicyclic) bond motifs is 1. The number of aromatic nitrogens is 1. The number of carbonyl (C=O) groups excluding carboxylic acids is 1. The van der Waals surface area contributed by atoms with E-state index >= 15 is 0 Å². The molecule has 2 atom stereocenters. The third-order valence-corrected chi connectivity index (χ3v) is 4.74. The van der Waals surface area contributed by atoms with Crippen molar-refractivity contribution in [3.63, 3.8) is 0 Å². The number of hydrogen-bond acceptors (Lipinski definition) is 3. The van der Waals surface area contributed by atoms with E-state index in [1.54, 1.807) is 12.3 Å². The molecule has 23 heavy (non-hydrogen) atoms. The molecule has 1 aromatic carbocycles. The smallest absolute Gasteiger partial charge is 0.242 e. The Morgan fingerprint density at radius 3 is 2.91 bits per heavy atom. The summed E-state index contributed by atoms with van der Waals surface area (Å²) in [7, 11) is 0. The molecule has 1 fully saturated rings. The van der Waals surface area contributed by atoms with E-state index in [1.807, 2.05) is 34.6 Å². The van der Waals surface area contributed by atoms with Crippen LogP contribution in [0.5, 0.6) is 0 Å². The van der Waals surface area contributed by atoms with Crippen LogP contribution in [0.1, 0.15) is 19.8 Å². The monoisotopic (exact) mass is 313 g/mol. The van der Waals surface area contributed by atoms with Gasteiger partial charge in [0.1, 0.15) is 6.54 Å². The van der Waals surface area contributed by atoms with E-state index in [1.165, 1.54) is 6.07 Å². The largest absolute Gasteiger partial charge is 0.341 e. The Morgan fingerprint density at radius 2 is 2.13 bits per heavy atom. The first kappa shape index (κ1) is 15.7. The van der Waals surface area contributed by atoms with Crippen molar-refractivity contribution >= 4 is 16.8 Å². The Kier molecular flexibility index (Phi) is 4.48. The lowest BCUT2D eigenvalue weighted by Crippen LogP contribution is -2.46. The average Bonchev–Trinajstić information content (AvgIpc) is 2.57. The molecule has 1 aliphatic heterocycles. The maximum atomic E-state index is 12.7. The van der Waals surface area contributed by atoms with Gasteiger partial charge in [-0.15, -0.1) is 0 Å². The molecule has 2 heterocycles. The number of para-hydroxylation sites is 1. The summed E-state index contributed by atoms with van der Waals surface area (Å²) >= 11 is 0. The van der Waals surface area contributed by atoms with Crippen molar-refractivity contribution in [2.24, 2.45) is 11.7 Å². The van der Waals surface area contributed by atoms with Gasteiger partial charge in [0.2, 0.25) is 5.91 Å². The number of likely N-dealkylation sites (tertiary alicyclic amines) is 1. The van der Waals surface area contributed by atoms with Crippen LogP contribution in [0.3, 0.4) is 0 Å². The van der Waals surface area contributed by atoms with Gasteiger partial charge in [0, 0.05) is 36.8 Å². The average molecular weight is 313 g/mol. The lowest BCUT2D eigenvalue weighted by molar-refractivity contribution is -0.133. The molecular formula is C18H23N3O2. The van der Waals surface area contributed by atoms with Gasteiger partial charge in [-0.2, -0.15) is 0 Å². The standard InChI is InChI=1S/C18H23N3O2/c1-13(19)14-5-4-9-21(11-14)18(23)12-20-10-8-17(22)15-6-2-3-7-16(15)20/h2-3,6-8,10,13-14H,4-5,9,11-12,19H2,1H3. The summed E-state index contributed by atoms with van der Waals surface area (Å²) in [6, 6.07) is 9.04. The normalized spacial score (nSPS) is 19.7. The molecule has 122 valence electrons. The fourth-order valence-electron chi connectivity index (χ4n) is 3.31. The number of pyridine rings is 1. The minimum atomic E-state index is -0.0145. The highest BCUT2D eigenvalue weighted by Gasteiger charge is 2.25. The first-order valence-corrected chi connectivity index (χ1v) is 8.18. The summed E-state index contributed by atoms with van der Waals surface area (Å²) in [6.07, 6.45) is 3.79. The van der Waals surface area contributed by atoms with Crippen molar-refractivity contribution in [2.75, 3.05) is 13.1 Å². The summed E-state index contributed by atoms with van der Waals surface area (Å²) in [5.74, 6) is 0.461. The maximum Gasteiger partial charge on any atom is 0.242 e. The second kappa shape index (κ2) is 6.54. The van der Waals surface area contributed by atoms with E-state index in [2.05, 4.69) is 0 Å². The highest BCUT2D eigenvalue weighted by atomic mass is 16.2. The fraction of sp³-hybridized carbons (Fsp3) is 0.444. The molecule has 2 unspecified atom stereocenters. The predicted molar refractivity (Wildman–Crippen MR) is 91.2 cm³/mol. The van der Waals surface area contributed by atoms with Crippen LogP contribution in [-0.4, -0.2) is 34.5 Å². The van der Waals surface area contributed by atoms with Crippen molar-refractivity contribution in [1.29, 1.82) is 0 Å². The van der Waals surface area contributed by atoms with E-state index < -0.39 is 0 Å². The van der Waals surface area contributed by atoms with Crippen molar-refractivity contribution in [3.05, 3.63) is 46.8 Å². The zero-order chi connectivity index (χ0) is 16.4. The van der Waals surface area contributed by atoms with E-state index in [0.717, 1.165) is 31.4 Å². The van der Waals surface area contributed by atoms with Gasteiger partial charge in [-0.3, -0.25) is 9.59 Å². The van der Waals surface area contributed by atoms with Crippen LogP contribution in [0.25, 0.3) is 10.9 Å². The molecule has 0 radical (unpaired) electrons. The summed E-state index contributed by atoms with van der Waals surface area (Å²) < 4.78 is 1.86. The van der Waals surface area contributed by atoms with E-state index in [4.69, 9.17) is 5.73 Å². The molecule has 1 saturated heterocycles. The number of amides is 1. The van der Waals surface area contributed by atoms with Gasteiger partial charge in [-0.1, -0.05) is 12.1 Å². The lowest BCUT2D eigenvalue weighted by atomic mass is 9.92. The SMILES string of the molecule is CC(N)C1CCCN(C(=O)Cn2ccc(=O)c3ccccc32)C1. The molecule has 0 aliphatic carbocycles. The highest BCUT2D eigenvalue weighted by molar-refractivity contribution is 5.82. The third kappa shape index (κ3) is 3.29. The Balaban J connectivity index is 1.81. The number of benzene rings is 1. The van der Waals surface area contributed by atoms with Crippen LogP contribution in [0.2, 0.25) is 0 Å². The van der Waals surface area contributed by atoms with Gasteiger partial charge in [-0.05, 0) is 37.8 Å². The molecule has 0 spiro atoms. The van der Waals surface area contributed by atoms with Gasteiger partial charge in [0.15, 0.2) is 5.43 Å². The Bertz CT molecular complexity index is 766. The zero-order valence-corrected chi connectivity index (χ0v) is 13.4. The minimum Gasteiger partial charge on any atom is -0.341 e. The Labute approximate surface area is 135 Å². The molecule has 0 saturated carbocycles. The number of rotatable bonds is 3. The number of nitrogens with two attached hydrogens (primary N) is 1. The van der Waals surface area contributed by atoms with Gasteiger partial charge in [0.25, 0.3) is 0 Å². The Hall–Kier alpha value is -2.14. The zero-order valence-electron chi connectivity index (χ0n) is 13.4. The highest BCUT2D eigenvalue weighted by Crippen LogP contribution is 2.19.